The molecule has 2 rings (SSSR count). The first kappa shape index (κ1) is 13.4. The molecule has 3 amide bonds. The molecule has 1 aliphatic heterocycles. The number of hydrogen-bond donors (Lipinski definition) is 1. The van der Waals surface area contributed by atoms with Crippen molar-refractivity contribution in [1.29, 1.82) is 0 Å². The van der Waals surface area contributed by atoms with Crippen LogP contribution in [0.1, 0.15) is 12.8 Å². The van der Waals surface area contributed by atoms with Crippen molar-refractivity contribution in [2.24, 2.45) is 0 Å². The number of hydrogen-bond acceptors (Lipinski definition) is 6. The monoisotopic (exact) mass is 282 g/mol. The molecule has 7 nitrogen and oxygen atoms in total. The standard InChI is InChI=1S/C11H10N2O5S/c14-9-6-7-10(15)12(9)13(19-17)11(16)18-8-4-2-1-3-5-8/h1-5,17H,6-7H2. The fourth-order valence-electron chi connectivity index (χ4n) is 1.55. The lowest BCUT2D eigenvalue weighted by molar-refractivity contribution is -0.147. The van der Waals surface area contributed by atoms with Crippen molar-refractivity contribution < 1.29 is 23.7 Å². The van der Waals surface area contributed by atoms with Gasteiger partial charge in [0.05, 0.1) is 0 Å². The summed E-state index contributed by atoms with van der Waals surface area (Å²) in [6.07, 6.45) is -1.01. The first-order valence-corrected chi connectivity index (χ1v) is 6.10. The van der Waals surface area contributed by atoms with Gasteiger partial charge in [-0.3, -0.25) is 9.59 Å². The van der Waals surface area contributed by atoms with Crippen LogP contribution in [0.3, 0.4) is 0 Å². The van der Waals surface area contributed by atoms with Crippen molar-refractivity contribution in [3.8, 4) is 5.75 Å². The maximum atomic E-state index is 11.8. The van der Waals surface area contributed by atoms with E-state index in [0.29, 0.717) is 9.42 Å². The van der Waals surface area contributed by atoms with E-state index < -0.39 is 17.9 Å². The fourth-order valence-corrected chi connectivity index (χ4v) is 1.91. The molecule has 1 fully saturated rings. The van der Waals surface area contributed by atoms with Crippen molar-refractivity contribution in [3.05, 3.63) is 30.3 Å². The molecule has 1 heterocycles. The van der Waals surface area contributed by atoms with E-state index in [1.54, 1.807) is 18.2 Å². The zero-order valence-electron chi connectivity index (χ0n) is 9.68. The van der Waals surface area contributed by atoms with Gasteiger partial charge in [-0.25, -0.2) is 4.79 Å². The summed E-state index contributed by atoms with van der Waals surface area (Å²) in [4.78, 5) is 34.7. The Balaban J connectivity index is 2.11. The highest BCUT2D eigenvalue weighted by Crippen LogP contribution is 2.22. The van der Waals surface area contributed by atoms with Gasteiger partial charge in [0, 0.05) is 12.8 Å². The summed E-state index contributed by atoms with van der Waals surface area (Å²) in [7, 11) is 0. The minimum absolute atomic E-state index is 0.00844. The van der Waals surface area contributed by atoms with Gasteiger partial charge >= 0.3 is 6.09 Å². The normalized spacial score (nSPS) is 14.7. The van der Waals surface area contributed by atoms with Crippen LogP contribution >= 0.6 is 12.2 Å². The van der Waals surface area contributed by atoms with Crippen molar-refractivity contribution in [3.63, 3.8) is 0 Å². The summed E-state index contributed by atoms with van der Waals surface area (Å²) in [5, 5.41) is 0.579. The lowest BCUT2D eigenvalue weighted by atomic mass is 10.3. The molecule has 0 saturated carbocycles. The van der Waals surface area contributed by atoms with Gasteiger partial charge in [-0.05, 0) is 12.1 Å². The molecular weight excluding hydrogens is 272 g/mol. The van der Waals surface area contributed by atoms with Crippen molar-refractivity contribution >= 4 is 30.1 Å². The lowest BCUT2D eigenvalue weighted by Gasteiger charge is -2.24. The van der Waals surface area contributed by atoms with Gasteiger partial charge in [0.2, 0.25) is 11.8 Å². The Morgan fingerprint density at radius 3 is 2.32 bits per heavy atom. The van der Waals surface area contributed by atoms with Crippen LogP contribution in [-0.2, 0) is 9.59 Å². The first-order chi connectivity index (χ1) is 9.13. The van der Waals surface area contributed by atoms with Gasteiger partial charge < -0.3 is 9.29 Å². The molecule has 0 aromatic heterocycles. The highest BCUT2D eigenvalue weighted by molar-refractivity contribution is 7.91. The molecule has 100 valence electrons. The van der Waals surface area contributed by atoms with Gasteiger partial charge in [-0.1, -0.05) is 18.2 Å². The molecule has 0 atom stereocenters. The Kier molecular flexibility index (Phi) is 4.03. The van der Waals surface area contributed by atoms with Gasteiger partial charge in [0.15, 0.2) is 0 Å². The smallest absolute Gasteiger partial charge is 0.408 e. The largest absolute Gasteiger partial charge is 0.447 e. The van der Waals surface area contributed by atoms with Gasteiger partial charge in [0.1, 0.15) is 18.0 Å². The third-order valence-electron chi connectivity index (χ3n) is 2.39. The molecule has 19 heavy (non-hydrogen) atoms. The molecule has 0 radical (unpaired) electrons. The van der Waals surface area contributed by atoms with E-state index in [4.69, 9.17) is 9.29 Å². The summed E-state index contributed by atoms with van der Waals surface area (Å²) < 4.78 is 14.5. The average Bonchev–Trinajstić information content (AvgIpc) is 2.73. The highest BCUT2D eigenvalue weighted by atomic mass is 32.2. The topological polar surface area (TPSA) is 87.2 Å². The zero-order chi connectivity index (χ0) is 13.8. The fraction of sp³-hybridized carbons (Fsp3) is 0.182. The Labute approximate surface area is 113 Å². The van der Waals surface area contributed by atoms with Crippen molar-refractivity contribution in [1.82, 2.24) is 9.42 Å². The number of nitrogens with zero attached hydrogens (tertiary/aromatic N) is 2. The Morgan fingerprint density at radius 1 is 1.21 bits per heavy atom. The van der Waals surface area contributed by atoms with E-state index in [2.05, 4.69) is 0 Å². The number of rotatable bonds is 3. The number of para-hydroxylation sites is 1. The molecule has 8 heteroatoms. The summed E-state index contributed by atoms with van der Waals surface area (Å²) in [5.74, 6) is -0.876. The molecule has 1 aromatic carbocycles. The quantitative estimate of drug-likeness (QED) is 0.515. The molecule has 1 N–H and O–H groups in total. The second kappa shape index (κ2) is 5.72. The average molecular weight is 282 g/mol. The van der Waals surface area contributed by atoms with Gasteiger partial charge in [-0.15, -0.1) is 4.41 Å². The van der Waals surface area contributed by atoms with E-state index in [9.17, 15) is 14.4 Å². The predicted octanol–water partition coefficient (Wildman–Crippen LogP) is 1.67. The van der Waals surface area contributed by atoms with E-state index in [-0.39, 0.29) is 30.8 Å². The van der Waals surface area contributed by atoms with Crippen LogP contribution in [0.5, 0.6) is 5.75 Å². The minimum atomic E-state index is -1.03. The maximum absolute atomic E-state index is 11.8. The van der Waals surface area contributed by atoms with Crippen LogP contribution < -0.4 is 4.74 Å². The maximum Gasteiger partial charge on any atom is 0.447 e. The SMILES string of the molecule is O=C(Oc1ccccc1)N(SO)N1C(=O)CCC1=O. The van der Waals surface area contributed by atoms with Gasteiger partial charge in [-0.2, -0.15) is 5.01 Å². The second-order valence-corrected chi connectivity index (χ2v) is 4.14. The molecule has 0 spiro atoms. The number of carbonyl (C=O) groups excluding carboxylic acids is 3. The van der Waals surface area contributed by atoms with E-state index in [1.807, 2.05) is 0 Å². The number of imide groups is 1. The molecular formula is C11H10N2O5S. The van der Waals surface area contributed by atoms with Crippen LogP contribution in [-0.4, -0.2) is 31.9 Å². The number of ether oxygens (including phenoxy) is 1. The van der Waals surface area contributed by atoms with Crippen molar-refractivity contribution in [2.75, 3.05) is 0 Å². The third kappa shape index (κ3) is 2.85. The Morgan fingerprint density at radius 2 is 1.79 bits per heavy atom. The Hall–Kier alpha value is -2.06. The number of benzene rings is 1. The second-order valence-electron chi connectivity index (χ2n) is 3.63. The van der Waals surface area contributed by atoms with Crippen LogP contribution in [0.25, 0.3) is 0 Å². The first-order valence-electron chi connectivity index (χ1n) is 5.37. The summed E-state index contributed by atoms with van der Waals surface area (Å²) in [6, 6.07) is 8.12. The minimum Gasteiger partial charge on any atom is -0.408 e. The lowest BCUT2D eigenvalue weighted by Crippen LogP contribution is -2.46. The molecule has 0 unspecified atom stereocenters. The van der Waals surface area contributed by atoms with Crippen LogP contribution in [0.2, 0.25) is 0 Å². The van der Waals surface area contributed by atoms with E-state index in [1.165, 1.54) is 12.1 Å². The Bertz CT molecular complexity index is 491. The molecule has 1 aromatic rings. The van der Waals surface area contributed by atoms with Gasteiger partial charge in [0.25, 0.3) is 0 Å². The number of amides is 3. The van der Waals surface area contributed by atoms with Crippen LogP contribution in [0.15, 0.2) is 30.3 Å². The number of carbonyl (C=O) groups is 3. The summed E-state index contributed by atoms with van der Waals surface area (Å²) in [6.45, 7) is 0. The van der Waals surface area contributed by atoms with Crippen LogP contribution in [0.4, 0.5) is 4.79 Å². The molecule has 0 aliphatic carbocycles. The van der Waals surface area contributed by atoms with E-state index >= 15 is 0 Å². The number of hydrazine groups is 1. The third-order valence-corrected chi connectivity index (χ3v) is 2.86. The van der Waals surface area contributed by atoms with Crippen LogP contribution in [0, 0.1) is 0 Å². The molecule has 1 saturated heterocycles. The summed E-state index contributed by atoms with van der Waals surface area (Å²) in [5.41, 5.74) is 0. The molecule has 0 bridgehead atoms. The van der Waals surface area contributed by atoms with Crippen molar-refractivity contribution in [2.45, 2.75) is 12.8 Å². The van der Waals surface area contributed by atoms with E-state index in [0.717, 1.165) is 0 Å². The zero-order valence-corrected chi connectivity index (χ0v) is 10.5. The summed E-state index contributed by atoms with van der Waals surface area (Å²) >= 11 is -0.0549. The predicted molar refractivity (Wildman–Crippen MR) is 65.6 cm³/mol. The highest BCUT2D eigenvalue weighted by Gasteiger charge is 2.38. The molecule has 1 aliphatic rings.